The number of nitrogens with one attached hydrogen (secondary N) is 1. The van der Waals surface area contributed by atoms with E-state index in [9.17, 15) is 4.79 Å². The van der Waals surface area contributed by atoms with Crippen LogP contribution in [-0.2, 0) is 4.79 Å². The van der Waals surface area contributed by atoms with Gasteiger partial charge in [0.05, 0.1) is 20.8 Å². The Morgan fingerprint density at radius 3 is 2.42 bits per heavy atom. The highest BCUT2D eigenvalue weighted by Crippen LogP contribution is 2.29. The molecule has 0 radical (unpaired) electrons. The SMILES string of the molecule is CCCCOc1ccc(/C=C/C(=O)Nc2ccc(OC)c(OC)c2)cc1. The number of unbranched alkanes of at least 4 members (excludes halogenated alkanes) is 1. The first kappa shape index (κ1) is 19.4. The van der Waals surface area contributed by atoms with Crippen molar-refractivity contribution in [2.75, 3.05) is 26.1 Å². The van der Waals surface area contributed by atoms with Crippen LogP contribution in [0.4, 0.5) is 5.69 Å². The quantitative estimate of drug-likeness (QED) is 0.530. The number of ether oxygens (including phenoxy) is 3. The highest BCUT2D eigenvalue weighted by Gasteiger charge is 2.05. The number of hydrogen-bond donors (Lipinski definition) is 1. The van der Waals surface area contributed by atoms with Crippen molar-refractivity contribution in [1.29, 1.82) is 0 Å². The van der Waals surface area contributed by atoms with Crippen molar-refractivity contribution in [3.8, 4) is 17.2 Å². The maximum Gasteiger partial charge on any atom is 0.248 e. The number of anilines is 1. The van der Waals surface area contributed by atoms with Crippen LogP contribution in [0.3, 0.4) is 0 Å². The molecule has 1 amide bonds. The molecular formula is C21H25NO4. The number of amides is 1. The van der Waals surface area contributed by atoms with Crippen LogP contribution in [0, 0.1) is 0 Å². The van der Waals surface area contributed by atoms with E-state index in [0.29, 0.717) is 17.2 Å². The van der Waals surface area contributed by atoms with Gasteiger partial charge in [0.2, 0.25) is 5.91 Å². The summed E-state index contributed by atoms with van der Waals surface area (Å²) in [6.45, 7) is 2.85. The standard InChI is InChI=1S/C21H25NO4/c1-4-5-14-26-18-10-6-16(7-11-18)8-13-21(23)22-17-9-12-19(24-2)20(15-17)25-3/h6-13,15H,4-5,14H2,1-3H3,(H,22,23)/b13-8+. The van der Waals surface area contributed by atoms with E-state index in [1.54, 1.807) is 38.5 Å². The molecule has 5 nitrogen and oxygen atoms in total. The first-order valence-electron chi connectivity index (χ1n) is 8.60. The number of carbonyl (C=O) groups excluding carboxylic acids is 1. The molecule has 0 aliphatic carbocycles. The van der Waals surface area contributed by atoms with Crippen LogP contribution in [0.5, 0.6) is 17.2 Å². The summed E-state index contributed by atoms with van der Waals surface area (Å²) in [6.07, 6.45) is 5.39. The Balaban J connectivity index is 1.92. The van der Waals surface area contributed by atoms with Gasteiger partial charge < -0.3 is 19.5 Å². The lowest BCUT2D eigenvalue weighted by molar-refractivity contribution is -0.111. The van der Waals surface area contributed by atoms with Crippen LogP contribution >= 0.6 is 0 Å². The van der Waals surface area contributed by atoms with Crippen LogP contribution < -0.4 is 19.5 Å². The third kappa shape index (κ3) is 5.84. The molecule has 0 unspecified atom stereocenters. The van der Waals surface area contributed by atoms with Gasteiger partial charge in [-0.1, -0.05) is 25.5 Å². The fourth-order valence-corrected chi connectivity index (χ4v) is 2.28. The summed E-state index contributed by atoms with van der Waals surface area (Å²) >= 11 is 0. The van der Waals surface area contributed by atoms with E-state index >= 15 is 0 Å². The van der Waals surface area contributed by atoms with E-state index in [4.69, 9.17) is 14.2 Å². The summed E-state index contributed by atoms with van der Waals surface area (Å²) in [5, 5.41) is 2.80. The Morgan fingerprint density at radius 1 is 1.04 bits per heavy atom. The molecule has 2 aromatic rings. The molecule has 0 bridgehead atoms. The highest BCUT2D eigenvalue weighted by atomic mass is 16.5. The van der Waals surface area contributed by atoms with Gasteiger partial charge in [-0.05, 0) is 42.3 Å². The monoisotopic (exact) mass is 355 g/mol. The smallest absolute Gasteiger partial charge is 0.248 e. The molecule has 1 N–H and O–H groups in total. The van der Waals surface area contributed by atoms with Gasteiger partial charge >= 0.3 is 0 Å². The zero-order valence-corrected chi connectivity index (χ0v) is 15.5. The molecule has 0 saturated carbocycles. The lowest BCUT2D eigenvalue weighted by Crippen LogP contribution is -2.07. The predicted molar refractivity (Wildman–Crippen MR) is 104 cm³/mol. The van der Waals surface area contributed by atoms with Crippen LogP contribution in [0.1, 0.15) is 25.3 Å². The lowest BCUT2D eigenvalue weighted by Gasteiger charge is -2.09. The van der Waals surface area contributed by atoms with Gasteiger partial charge in [-0.15, -0.1) is 0 Å². The van der Waals surface area contributed by atoms with Crippen molar-refractivity contribution in [2.24, 2.45) is 0 Å². The van der Waals surface area contributed by atoms with Crippen molar-refractivity contribution in [3.63, 3.8) is 0 Å². The Kier molecular flexibility index (Phi) is 7.55. The minimum atomic E-state index is -0.222. The Morgan fingerprint density at radius 2 is 1.77 bits per heavy atom. The summed E-state index contributed by atoms with van der Waals surface area (Å²) in [4.78, 5) is 12.1. The highest BCUT2D eigenvalue weighted by molar-refractivity contribution is 6.02. The molecule has 0 aromatic heterocycles. The van der Waals surface area contributed by atoms with Crippen molar-refractivity contribution in [2.45, 2.75) is 19.8 Å². The fourth-order valence-electron chi connectivity index (χ4n) is 2.28. The summed E-state index contributed by atoms with van der Waals surface area (Å²) in [6, 6.07) is 12.9. The number of benzene rings is 2. The van der Waals surface area contributed by atoms with Crippen molar-refractivity contribution in [3.05, 3.63) is 54.1 Å². The minimum Gasteiger partial charge on any atom is -0.494 e. The number of rotatable bonds is 9. The average molecular weight is 355 g/mol. The molecule has 2 rings (SSSR count). The van der Waals surface area contributed by atoms with Crippen molar-refractivity contribution >= 4 is 17.7 Å². The predicted octanol–water partition coefficient (Wildman–Crippen LogP) is 4.53. The van der Waals surface area contributed by atoms with E-state index in [0.717, 1.165) is 30.8 Å². The Hall–Kier alpha value is -2.95. The van der Waals surface area contributed by atoms with Gasteiger partial charge in [0.25, 0.3) is 0 Å². The first-order valence-corrected chi connectivity index (χ1v) is 8.60. The molecule has 26 heavy (non-hydrogen) atoms. The zero-order valence-electron chi connectivity index (χ0n) is 15.5. The lowest BCUT2D eigenvalue weighted by atomic mass is 10.2. The molecule has 0 saturated heterocycles. The fraction of sp³-hybridized carbons (Fsp3) is 0.286. The van der Waals surface area contributed by atoms with Crippen molar-refractivity contribution in [1.82, 2.24) is 0 Å². The van der Waals surface area contributed by atoms with Crippen LogP contribution in [-0.4, -0.2) is 26.7 Å². The molecule has 2 aromatic carbocycles. The second-order valence-electron chi connectivity index (χ2n) is 5.66. The van der Waals surface area contributed by atoms with Gasteiger partial charge in [-0.3, -0.25) is 4.79 Å². The first-order chi connectivity index (χ1) is 12.7. The summed E-state index contributed by atoms with van der Waals surface area (Å²) in [5.41, 5.74) is 1.56. The number of carbonyl (C=O) groups is 1. The van der Waals surface area contributed by atoms with E-state index < -0.39 is 0 Å². The molecule has 0 fully saturated rings. The molecule has 138 valence electrons. The minimum absolute atomic E-state index is 0.222. The van der Waals surface area contributed by atoms with Crippen LogP contribution in [0.15, 0.2) is 48.5 Å². The van der Waals surface area contributed by atoms with Crippen molar-refractivity contribution < 1.29 is 19.0 Å². The van der Waals surface area contributed by atoms with Gasteiger partial charge in [0.15, 0.2) is 11.5 Å². The van der Waals surface area contributed by atoms with E-state index in [2.05, 4.69) is 12.2 Å². The van der Waals surface area contributed by atoms with E-state index in [1.807, 2.05) is 24.3 Å². The van der Waals surface area contributed by atoms with Gasteiger partial charge in [0, 0.05) is 17.8 Å². The molecule has 0 atom stereocenters. The Bertz CT molecular complexity index is 738. The van der Waals surface area contributed by atoms with Gasteiger partial charge in [0.1, 0.15) is 5.75 Å². The summed E-state index contributed by atoms with van der Waals surface area (Å²) < 4.78 is 16.0. The largest absolute Gasteiger partial charge is 0.494 e. The molecule has 0 spiro atoms. The summed E-state index contributed by atoms with van der Waals surface area (Å²) in [7, 11) is 3.12. The number of methoxy groups -OCH3 is 2. The molecule has 5 heteroatoms. The second kappa shape index (κ2) is 10.1. The van der Waals surface area contributed by atoms with Crippen LogP contribution in [0.2, 0.25) is 0 Å². The topological polar surface area (TPSA) is 56.8 Å². The summed E-state index contributed by atoms with van der Waals surface area (Å²) in [5.74, 6) is 1.79. The van der Waals surface area contributed by atoms with Crippen LogP contribution in [0.25, 0.3) is 6.08 Å². The van der Waals surface area contributed by atoms with Gasteiger partial charge in [-0.2, -0.15) is 0 Å². The molecular weight excluding hydrogens is 330 g/mol. The molecule has 0 heterocycles. The molecule has 0 aliphatic heterocycles. The maximum atomic E-state index is 12.1. The normalized spacial score (nSPS) is 10.6. The van der Waals surface area contributed by atoms with E-state index in [-0.39, 0.29) is 5.91 Å². The second-order valence-corrected chi connectivity index (χ2v) is 5.66. The third-order valence-corrected chi connectivity index (χ3v) is 3.72. The third-order valence-electron chi connectivity index (χ3n) is 3.72. The number of hydrogen-bond acceptors (Lipinski definition) is 4. The molecule has 0 aliphatic rings. The maximum absolute atomic E-state index is 12.1. The van der Waals surface area contributed by atoms with E-state index in [1.165, 1.54) is 6.08 Å². The Labute approximate surface area is 154 Å². The zero-order chi connectivity index (χ0) is 18.8. The average Bonchev–Trinajstić information content (AvgIpc) is 2.67. The van der Waals surface area contributed by atoms with Gasteiger partial charge in [-0.25, -0.2) is 0 Å².